The van der Waals surface area contributed by atoms with E-state index in [4.69, 9.17) is 15.3 Å². The van der Waals surface area contributed by atoms with Gasteiger partial charge >= 0.3 is 0 Å². The summed E-state index contributed by atoms with van der Waals surface area (Å²) in [5, 5.41) is 25.7. The van der Waals surface area contributed by atoms with Gasteiger partial charge in [-0.05, 0) is 10.4 Å². The zero-order chi connectivity index (χ0) is 7.11. The highest BCUT2D eigenvalue weighted by Crippen LogP contribution is 1.43. The van der Waals surface area contributed by atoms with Gasteiger partial charge in [0, 0.05) is 0 Å². The molecule has 1 rings (SSSR count). The number of hydrogen-bond acceptors (Lipinski definition) is 6. The van der Waals surface area contributed by atoms with Gasteiger partial charge in [-0.25, -0.2) is 5.10 Å². The fourth-order valence-electron chi connectivity index (χ4n) is 0.129. The van der Waals surface area contributed by atoms with E-state index in [-0.39, 0.29) is 6.15 Å². The Balaban J connectivity index is 0. The molecule has 1 heterocycles. The molecule has 0 radical (unpaired) electrons. The first kappa shape index (κ1) is 11.1. The molecule has 0 bridgehead atoms. The average molecular weight is 150 g/mol. The van der Waals surface area contributed by atoms with E-state index in [1.807, 2.05) is 0 Å². The van der Waals surface area contributed by atoms with Gasteiger partial charge in [-0.15, -0.1) is 15.2 Å². The van der Waals surface area contributed by atoms with E-state index in [0.29, 0.717) is 0 Å². The second kappa shape index (κ2) is 7.23. The van der Waals surface area contributed by atoms with Crippen LogP contribution in [0.4, 0.5) is 0 Å². The van der Waals surface area contributed by atoms with Crippen molar-refractivity contribution in [2.24, 2.45) is 0 Å². The van der Waals surface area contributed by atoms with Crippen molar-refractivity contribution in [2.75, 3.05) is 0 Å². The van der Waals surface area contributed by atoms with E-state index >= 15 is 0 Å². The monoisotopic (exact) mass is 150 g/mol. The Hall–Kier alpha value is -1.77. The molecule has 9 nitrogen and oxygen atoms in total. The lowest BCUT2D eigenvalue weighted by atomic mass is 11.4. The molecule has 0 aliphatic rings. The molecule has 0 amide bonds. The number of nitrogens with zero attached hydrogens (tertiary/aromatic N) is 4. The van der Waals surface area contributed by atoms with Crippen molar-refractivity contribution in [3.63, 3.8) is 0 Å². The minimum Gasteiger partial charge on any atom is -0.344 e. The molecule has 10 heavy (non-hydrogen) atoms. The molecular weight excluding hydrogens is 144 g/mol. The molecule has 0 atom stereocenters. The van der Waals surface area contributed by atoms with E-state index in [9.17, 15) is 0 Å². The summed E-state index contributed by atoms with van der Waals surface area (Å²) in [6.45, 7) is 0. The summed E-state index contributed by atoms with van der Waals surface area (Å²) in [6, 6.07) is 0. The van der Waals surface area contributed by atoms with E-state index in [1.165, 1.54) is 6.33 Å². The zero-order valence-corrected chi connectivity index (χ0v) is 4.84. The molecule has 0 fully saturated rings. The SMILES string of the molecule is N.O=[N+]([O-])O.c1nnn[nH]1. The van der Waals surface area contributed by atoms with E-state index in [0.717, 1.165) is 0 Å². The second-order valence-corrected chi connectivity index (χ2v) is 0.801. The minimum atomic E-state index is -1.50. The molecule has 0 saturated heterocycles. The third-order valence-corrected chi connectivity index (χ3v) is 0.270. The van der Waals surface area contributed by atoms with Crippen LogP contribution >= 0.6 is 0 Å². The normalized spacial score (nSPS) is 6.40. The predicted molar refractivity (Wildman–Crippen MR) is 28.0 cm³/mol. The summed E-state index contributed by atoms with van der Waals surface area (Å²) in [6.07, 6.45) is 1.40. The number of nitrogens with one attached hydrogen (secondary N) is 1. The van der Waals surface area contributed by atoms with Gasteiger partial charge in [-0.1, -0.05) is 0 Å². The van der Waals surface area contributed by atoms with Gasteiger partial charge in [0.15, 0.2) is 0 Å². The number of aromatic amines is 1. The van der Waals surface area contributed by atoms with E-state index in [1.54, 1.807) is 0 Å². The summed E-state index contributed by atoms with van der Waals surface area (Å²) in [5.74, 6) is 0. The number of aromatic nitrogens is 4. The summed E-state index contributed by atoms with van der Waals surface area (Å²) in [4.78, 5) is 8.36. The standard InChI is InChI=1S/CH2N4.HNO3.H3N/c1-2-4-5-3-1;2-1(3)4;/h1H,(H,2,3,4,5);(H,2,3,4);1H3. The van der Waals surface area contributed by atoms with Crippen LogP contribution in [0.25, 0.3) is 0 Å². The van der Waals surface area contributed by atoms with Crippen LogP contribution in [-0.2, 0) is 0 Å². The van der Waals surface area contributed by atoms with Crippen LogP contribution in [0, 0.1) is 10.1 Å². The molecule has 0 saturated carbocycles. The molecule has 1 aromatic heterocycles. The smallest absolute Gasteiger partial charge is 0.291 e. The quantitative estimate of drug-likeness (QED) is 0.317. The highest BCUT2D eigenvalue weighted by atomic mass is 16.9. The van der Waals surface area contributed by atoms with Crippen LogP contribution in [0.3, 0.4) is 0 Å². The lowest BCUT2D eigenvalue weighted by molar-refractivity contribution is -0.742. The Morgan fingerprint density at radius 3 is 2.30 bits per heavy atom. The van der Waals surface area contributed by atoms with Crippen molar-refractivity contribution in [2.45, 2.75) is 0 Å². The Labute approximate surface area is 54.7 Å². The van der Waals surface area contributed by atoms with Crippen LogP contribution < -0.4 is 6.15 Å². The maximum atomic E-state index is 8.36. The topological polar surface area (TPSA) is 153 Å². The lowest BCUT2D eigenvalue weighted by Gasteiger charge is -1.56. The van der Waals surface area contributed by atoms with Gasteiger partial charge in [0.1, 0.15) is 6.33 Å². The maximum Gasteiger partial charge on any atom is 0.291 e. The van der Waals surface area contributed by atoms with E-state index < -0.39 is 5.09 Å². The highest BCUT2D eigenvalue weighted by Gasteiger charge is 1.65. The van der Waals surface area contributed by atoms with Gasteiger partial charge in [-0.2, -0.15) is 0 Å². The Morgan fingerprint density at radius 1 is 1.70 bits per heavy atom. The van der Waals surface area contributed by atoms with E-state index in [2.05, 4.69) is 20.6 Å². The number of hydrogen-bond donors (Lipinski definition) is 3. The van der Waals surface area contributed by atoms with Gasteiger partial charge in [0.05, 0.1) is 0 Å². The van der Waals surface area contributed by atoms with Crippen LogP contribution in [0.15, 0.2) is 6.33 Å². The van der Waals surface area contributed by atoms with Crippen LogP contribution in [0.1, 0.15) is 0 Å². The number of H-pyrrole nitrogens is 1. The predicted octanol–water partition coefficient (Wildman–Crippen LogP) is -0.986. The first-order chi connectivity index (χ1) is 4.23. The third kappa shape index (κ3) is 16.3. The molecule has 5 N–H and O–H groups in total. The third-order valence-electron chi connectivity index (χ3n) is 0.270. The number of rotatable bonds is 0. The average Bonchev–Trinajstić information content (AvgIpc) is 2.11. The molecule has 9 heteroatoms. The van der Waals surface area contributed by atoms with Crippen LogP contribution in [0.2, 0.25) is 0 Å². The molecule has 0 spiro atoms. The maximum absolute atomic E-state index is 8.36. The summed E-state index contributed by atoms with van der Waals surface area (Å²) < 4.78 is 0. The lowest BCUT2D eigenvalue weighted by Crippen LogP contribution is -1.81. The van der Waals surface area contributed by atoms with Crippen molar-refractivity contribution < 1.29 is 10.3 Å². The molecule has 0 aliphatic heterocycles. The molecular formula is CH6N6O3. The minimum absolute atomic E-state index is 0. The van der Waals surface area contributed by atoms with Crippen molar-refractivity contribution in [3.05, 3.63) is 16.4 Å². The summed E-state index contributed by atoms with van der Waals surface area (Å²) in [5.41, 5.74) is 0. The molecule has 58 valence electrons. The molecule has 0 aromatic carbocycles. The fourth-order valence-corrected chi connectivity index (χ4v) is 0.129. The largest absolute Gasteiger partial charge is 0.344 e. The van der Waals surface area contributed by atoms with Crippen molar-refractivity contribution in [1.29, 1.82) is 0 Å². The number of tetrazole rings is 1. The van der Waals surface area contributed by atoms with Crippen molar-refractivity contribution in [1.82, 2.24) is 26.8 Å². The van der Waals surface area contributed by atoms with Gasteiger partial charge in [0.25, 0.3) is 5.09 Å². The van der Waals surface area contributed by atoms with Crippen LogP contribution in [-0.4, -0.2) is 30.9 Å². The van der Waals surface area contributed by atoms with Gasteiger partial charge in [0.2, 0.25) is 0 Å². The highest BCUT2D eigenvalue weighted by molar-refractivity contribution is 4.24. The fraction of sp³-hybridized carbons (Fsp3) is 0. The first-order valence-corrected chi connectivity index (χ1v) is 1.74. The van der Waals surface area contributed by atoms with Gasteiger partial charge in [-0.3, -0.25) is 0 Å². The Morgan fingerprint density at radius 2 is 2.20 bits per heavy atom. The summed E-state index contributed by atoms with van der Waals surface area (Å²) >= 11 is 0. The zero-order valence-electron chi connectivity index (χ0n) is 4.84. The first-order valence-electron chi connectivity index (χ1n) is 1.74. The Bertz CT molecular complexity index is 127. The van der Waals surface area contributed by atoms with Crippen molar-refractivity contribution in [3.8, 4) is 0 Å². The van der Waals surface area contributed by atoms with Crippen molar-refractivity contribution >= 4 is 0 Å². The molecule has 1 aromatic rings. The Kier molecular flexibility index (Phi) is 8.01. The summed E-state index contributed by atoms with van der Waals surface area (Å²) in [7, 11) is 0. The molecule has 0 unspecified atom stereocenters. The van der Waals surface area contributed by atoms with Gasteiger partial charge < -0.3 is 11.4 Å². The molecule has 0 aliphatic carbocycles. The van der Waals surface area contributed by atoms with Crippen LogP contribution in [0.5, 0.6) is 0 Å². The second-order valence-electron chi connectivity index (χ2n) is 0.801.